The minimum absolute atomic E-state index is 0.109. The summed E-state index contributed by atoms with van der Waals surface area (Å²) in [5.41, 5.74) is 5.97. The smallest absolute Gasteiger partial charge is 0.263 e. The molecule has 0 unspecified atom stereocenters. The number of nitrogens with zero attached hydrogens (tertiary/aromatic N) is 2. The van der Waals surface area contributed by atoms with Gasteiger partial charge >= 0.3 is 0 Å². The van der Waals surface area contributed by atoms with Crippen molar-refractivity contribution in [3.63, 3.8) is 0 Å². The standard InChI is InChI=1S/C6H4BrN3O2/c7-4-3(1-2-11-4)5-9-6(8)10-12-5/h1-2H,(H2,8,10). The van der Waals surface area contributed by atoms with Crippen molar-refractivity contribution in [1.29, 1.82) is 0 Å². The lowest BCUT2D eigenvalue weighted by atomic mass is 10.3. The van der Waals surface area contributed by atoms with Gasteiger partial charge in [0.25, 0.3) is 11.8 Å². The summed E-state index contributed by atoms with van der Waals surface area (Å²) in [7, 11) is 0. The Kier molecular flexibility index (Phi) is 1.61. The normalized spacial score (nSPS) is 10.4. The van der Waals surface area contributed by atoms with Crippen LogP contribution < -0.4 is 5.73 Å². The SMILES string of the molecule is Nc1noc(-c2ccoc2Br)n1. The van der Waals surface area contributed by atoms with Gasteiger partial charge in [-0.1, -0.05) is 0 Å². The summed E-state index contributed by atoms with van der Waals surface area (Å²) in [6, 6.07) is 1.71. The molecule has 0 fully saturated rings. The Balaban J connectivity index is 2.50. The fourth-order valence-electron chi connectivity index (χ4n) is 0.790. The number of hydrogen-bond acceptors (Lipinski definition) is 5. The van der Waals surface area contributed by atoms with E-state index in [9.17, 15) is 0 Å². The van der Waals surface area contributed by atoms with Crippen LogP contribution in [0.4, 0.5) is 5.95 Å². The number of aromatic nitrogens is 2. The van der Waals surface area contributed by atoms with Crippen LogP contribution in [0.3, 0.4) is 0 Å². The third-order valence-electron chi connectivity index (χ3n) is 1.29. The highest BCUT2D eigenvalue weighted by molar-refractivity contribution is 9.10. The molecule has 2 aromatic heterocycles. The van der Waals surface area contributed by atoms with Gasteiger partial charge in [-0.2, -0.15) is 4.98 Å². The second kappa shape index (κ2) is 2.63. The summed E-state index contributed by atoms with van der Waals surface area (Å²) in [6.07, 6.45) is 1.51. The highest BCUT2D eigenvalue weighted by Crippen LogP contribution is 2.27. The van der Waals surface area contributed by atoms with Crippen LogP contribution in [0.2, 0.25) is 0 Å². The van der Waals surface area contributed by atoms with Gasteiger partial charge in [0.2, 0.25) is 0 Å². The molecule has 6 heteroatoms. The molecule has 2 aromatic rings. The van der Waals surface area contributed by atoms with Crippen molar-refractivity contribution in [2.75, 3.05) is 5.73 Å². The Morgan fingerprint density at radius 1 is 1.50 bits per heavy atom. The summed E-state index contributed by atoms with van der Waals surface area (Å²) in [5, 5.41) is 3.44. The van der Waals surface area contributed by atoms with E-state index in [0.717, 1.165) is 0 Å². The Labute approximate surface area is 75.7 Å². The fourth-order valence-corrected chi connectivity index (χ4v) is 1.20. The average molecular weight is 230 g/mol. The van der Waals surface area contributed by atoms with E-state index in [2.05, 4.69) is 26.1 Å². The van der Waals surface area contributed by atoms with Crippen LogP contribution >= 0.6 is 15.9 Å². The van der Waals surface area contributed by atoms with Gasteiger partial charge in [-0.25, -0.2) is 0 Å². The maximum Gasteiger partial charge on any atom is 0.263 e. The van der Waals surface area contributed by atoms with Crippen molar-refractivity contribution in [2.24, 2.45) is 0 Å². The number of rotatable bonds is 1. The molecule has 0 aliphatic rings. The maximum atomic E-state index is 5.27. The zero-order valence-corrected chi connectivity index (χ0v) is 7.41. The molecule has 2 heterocycles. The van der Waals surface area contributed by atoms with E-state index in [1.165, 1.54) is 6.26 Å². The van der Waals surface area contributed by atoms with Gasteiger partial charge in [-0.3, -0.25) is 0 Å². The highest BCUT2D eigenvalue weighted by Gasteiger charge is 2.12. The molecule has 0 aliphatic heterocycles. The second-order valence-electron chi connectivity index (χ2n) is 2.07. The molecule has 0 saturated heterocycles. The molecule has 0 amide bonds. The van der Waals surface area contributed by atoms with Gasteiger partial charge in [-0.05, 0) is 27.2 Å². The van der Waals surface area contributed by atoms with E-state index in [-0.39, 0.29) is 5.95 Å². The first-order valence-electron chi connectivity index (χ1n) is 3.10. The second-order valence-corrected chi connectivity index (χ2v) is 2.79. The Bertz CT molecular complexity index is 395. The predicted molar refractivity (Wildman–Crippen MR) is 44.1 cm³/mol. The molecular formula is C6H4BrN3O2. The number of nitrogen functional groups attached to an aromatic ring is 1. The maximum absolute atomic E-state index is 5.27. The number of anilines is 1. The van der Waals surface area contributed by atoms with Crippen LogP contribution in [0.1, 0.15) is 0 Å². The van der Waals surface area contributed by atoms with E-state index in [0.29, 0.717) is 16.1 Å². The number of furan rings is 1. The van der Waals surface area contributed by atoms with Crippen LogP contribution in [0.5, 0.6) is 0 Å². The van der Waals surface area contributed by atoms with Gasteiger partial charge in [0.1, 0.15) is 0 Å². The molecule has 0 saturated carbocycles. The summed E-state index contributed by atoms with van der Waals surface area (Å²) >= 11 is 3.18. The quantitative estimate of drug-likeness (QED) is 0.805. The number of nitrogens with two attached hydrogens (primary N) is 1. The van der Waals surface area contributed by atoms with Crippen LogP contribution in [0.15, 0.2) is 25.9 Å². The van der Waals surface area contributed by atoms with Crippen molar-refractivity contribution in [2.45, 2.75) is 0 Å². The van der Waals surface area contributed by atoms with E-state index in [1.54, 1.807) is 6.07 Å². The average Bonchev–Trinajstić information content (AvgIpc) is 2.58. The zero-order valence-electron chi connectivity index (χ0n) is 5.82. The van der Waals surface area contributed by atoms with Gasteiger partial charge in [-0.15, -0.1) is 0 Å². The van der Waals surface area contributed by atoms with E-state index in [4.69, 9.17) is 14.7 Å². The summed E-state index contributed by atoms with van der Waals surface area (Å²) in [6.45, 7) is 0. The van der Waals surface area contributed by atoms with Gasteiger partial charge in [0.15, 0.2) is 4.67 Å². The molecule has 12 heavy (non-hydrogen) atoms. The first kappa shape index (κ1) is 7.35. The van der Waals surface area contributed by atoms with Crippen LogP contribution in [0.25, 0.3) is 11.5 Å². The minimum atomic E-state index is 0.109. The lowest BCUT2D eigenvalue weighted by Gasteiger charge is -1.85. The molecule has 0 radical (unpaired) electrons. The van der Waals surface area contributed by atoms with Crippen LogP contribution in [0, 0.1) is 0 Å². The van der Waals surface area contributed by atoms with Crippen LogP contribution in [-0.2, 0) is 0 Å². The monoisotopic (exact) mass is 229 g/mol. The minimum Gasteiger partial charge on any atom is -0.457 e. The van der Waals surface area contributed by atoms with Crippen molar-refractivity contribution in [3.8, 4) is 11.5 Å². The molecule has 5 nitrogen and oxygen atoms in total. The topological polar surface area (TPSA) is 78.1 Å². The molecule has 0 spiro atoms. The van der Waals surface area contributed by atoms with Gasteiger partial charge in [0, 0.05) is 0 Å². The first-order chi connectivity index (χ1) is 5.77. The third kappa shape index (κ3) is 1.10. The highest BCUT2D eigenvalue weighted by atomic mass is 79.9. The molecule has 0 atom stereocenters. The zero-order chi connectivity index (χ0) is 8.55. The molecule has 0 bridgehead atoms. The number of halogens is 1. The largest absolute Gasteiger partial charge is 0.457 e. The van der Waals surface area contributed by atoms with E-state index in [1.807, 2.05) is 0 Å². The fraction of sp³-hybridized carbons (Fsp3) is 0. The lowest BCUT2D eigenvalue weighted by Crippen LogP contribution is -1.85. The lowest BCUT2D eigenvalue weighted by molar-refractivity contribution is 0.431. The molecule has 62 valence electrons. The third-order valence-corrected chi connectivity index (χ3v) is 1.90. The summed E-state index contributed by atoms with van der Waals surface area (Å²) in [5.74, 6) is 0.450. The van der Waals surface area contributed by atoms with E-state index < -0.39 is 0 Å². The summed E-state index contributed by atoms with van der Waals surface area (Å²) in [4.78, 5) is 3.82. The van der Waals surface area contributed by atoms with Crippen molar-refractivity contribution in [3.05, 3.63) is 17.0 Å². The summed E-state index contributed by atoms with van der Waals surface area (Å²) < 4.78 is 10.3. The molecule has 0 aromatic carbocycles. The molecule has 2 rings (SSSR count). The Morgan fingerprint density at radius 2 is 2.33 bits per heavy atom. The Hall–Kier alpha value is -1.30. The number of hydrogen-bond donors (Lipinski definition) is 1. The van der Waals surface area contributed by atoms with Crippen molar-refractivity contribution >= 4 is 21.9 Å². The molecular weight excluding hydrogens is 226 g/mol. The van der Waals surface area contributed by atoms with Crippen LogP contribution in [-0.4, -0.2) is 10.1 Å². The Morgan fingerprint density at radius 3 is 2.83 bits per heavy atom. The predicted octanol–water partition coefficient (Wildman–Crippen LogP) is 1.67. The van der Waals surface area contributed by atoms with Gasteiger partial charge in [0.05, 0.1) is 11.8 Å². The van der Waals surface area contributed by atoms with E-state index >= 15 is 0 Å². The van der Waals surface area contributed by atoms with Gasteiger partial charge < -0.3 is 14.7 Å². The first-order valence-corrected chi connectivity index (χ1v) is 3.89. The van der Waals surface area contributed by atoms with Crippen molar-refractivity contribution in [1.82, 2.24) is 10.1 Å². The molecule has 2 N–H and O–H groups in total. The molecule has 0 aliphatic carbocycles. The van der Waals surface area contributed by atoms with Crippen molar-refractivity contribution < 1.29 is 8.94 Å².